The minimum Gasteiger partial charge on any atom is -0.507 e. The topological polar surface area (TPSA) is 269 Å². The van der Waals surface area contributed by atoms with Crippen molar-refractivity contribution in [1.82, 2.24) is 0 Å². The number of aldehydes is 1. The summed E-state index contributed by atoms with van der Waals surface area (Å²) in [6, 6.07) is 14.2. The number of rotatable bonds is 12. The van der Waals surface area contributed by atoms with Crippen molar-refractivity contribution in [1.29, 1.82) is 0 Å². The summed E-state index contributed by atoms with van der Waals surface area (Å²) in [5.41, 5.74) is 12.4. The number of hydrogen-bond acceptors (Lipinski definition) is 15. The monoisotopic (exact) mass is 782 g/mol. The van der Waals surface area contributed by atoms with Gasteiger partial charge in [-0.05, 0) is 59.4 Å². The van der Waals surface area contributed by atoms with Crippen LogP contribution in [-0.4, -0.2) is 91.8 Å². The molecule has 57 heavy (non-hydrogen) atoms. The zero-order valence-corrected chi connectivity index (χ0v) is 30.9. The van der Waals surface area contributed by atoms with Crippen LogP contribution in [0.3, 0.4) is 0 Å². The van der Waals surface area contributed by atoms with Gasteiger partial charge in [0.25, 0.3) is 0 Å². The fourth-order valence-corrected chi connectivity index (χ4v) is 7.19. The molecule has 5 atom stereocenters. The molecule has 0 aromatic heterocycles. The lowest BCUT2D eigenvalue weighted by atomic mass is 9.77. The van der Waals surface area contributed by atoms with Crippen LogP contribution in [0.5, 0.6) is 17.2 Å². The average Bonchev–Trinajstić information content (AvgIpc) is 3.18. The van der Waals surface area contributed by atoms with E-state index >= 15 is 0 Å². The second-order valence-electron chi connectivity index (χ2n) is 13.8. The molecule has 15 nitrogen and oxygen atoms in total. The summed E-state index contributed by atoms with van der Waals surface area (Å²) >= 11 is 0. The van der Waals surface area contributed by atoms with Crippen molar-refractivity contribution in [3.8, 4) is 17.2 Å². The van der Waals surface area contributed by atoms with Crippen molar-refractivity contribution >= 4 is 36.0 Å². The van der Waals surface area contributed by atoms with Crippen molar-refractivity contribution in [2.45, 2.75) is 70.2 Å². The number of nitrogens with two attached hydrogens (primary N) is 2. The minimum atomic E-state index is -1.82. The molecule has 4 aromatic rings. The first kappa shape index (κ1) is 41.0. The number of aliphatic hydroxyl groups excluding tert-OH is 5. The van der Waals surface area contributed by atoms with E-state index in [9.17, 15) is 49.8 Å². The van der Waals surface area contributed by atoms with Gasteiger partial charge in [0.1, 0.15) is 35.6 Å². The first-order valence-corrected chi connectivity index (χ1v) is 18.0. The Kier molecular flexibility index (Phi) is 12.1. The van der Waals surface area contributed by atoms with Crippen LogP contribution in [0.1, 0.15) is 101 Å². The molecule has 0 saturated carbocycles. The number of phenolic OH excluding ortho intramolecular Hbond substituents is 1. The largest absolute Gasteiger partial charge is 0.507 e. The lowest BCUT2D eigenvalue weighted by Gasteiger charge is -2.39. The molecule has 1 saturated heterocycles. The van der Waals surface area contributed by atoms with Gasteiger partial charge < -0.3 is 56.3 Å². The van der Waals surface area contributed by atoms with Crippen LogP contribution in [0.4, 0.5) is 0 Å². The first-order chi connectivity index (χ1) is 27.2. The summed E-state index contributed by atoms with van der Waals surface area (Å²) in [7, 11) is 0. The fourth-order valence-electron chi connectivity index (χ4n) is 7.19. The molecule has 10 N–H and O–H groups in total. The van der Waals surface area contributed by atoms with Gasteiger partial charge in [-0.3, -0.25) is 19.2 Å². The van der Waals surface area contributed by atoms with E-state index in [-0.39, 0.29) is 74.6 Å². The van der Waals surface area contributed by atoms with Gasteiger partial charge in [0.2, 0.25) is 6.29 Å². The highest BCUT2D eigenvalue weighted by molar-refractivity contribution is 6.31. The molecule has 1 heterocycles. The second-order valence-corrected chi connectivity index (χ2v) is 13.8. The van der Waals surface area contributed by atoms with Crippen LogP contribution in [0.25, 0.3) is 12.2 Å². The molecule has 0 amide bonds. The zero-order valence-electron chi connectivity index (χ0n) is 30.9. The van der Waals surface area contributed by atoms with Crippen LogP contribution in [0.15, 0.2) is 54.6 Å². The maximum absolute atomic E-state index is 14.8. The lowest BCUT2D eigenvalue weighted by Crippen LogP contribution is -2.58. The van der Waals surface area contributed by atoms with E-state index in [4.69, 9.17) is 25.7 Å². The predicted octanol–water partition coefficient (Wildman–Crippen LogP) is 1.82. The van der Waals surface area contributed by atoms with Crippen molar-refractivity contribution in [2.24, 2.45) is 11.5 Å². The Balaban J connectivity index is 1.58. The lowest BCUT2D eigenvalue weighted by molar-refractivity contribution is -0.268. The number of benzene rings is 4. The maximum Gasteiger partial charge on any atom is 0.308 e. The number of phenols is 1. The third-order valence-corrected chi connectivity index (χ3v) is 10.0. The van der Waals surface area contributed by atoms with Crippen molar-refractivity contribution in [3.05, 3.63) is 121 Å². The summed E-state index contributed by atoms with van der Waals surface area (Å²) < 4.78 is 17.2. The second kappa shape index (κ2) is 16.9. The fraction of sp³-hybridized carbons (Fsp3) is 0.286. The van der Waals surface area contributed by atoms with Gasteiger partial charge >= 0.3 is 5.97 Å². The Bertz CT molecular complexity index is 2280. The number of aliphatic hydroxyl groups is 5. The zero-order chi connectivity index (χ0) is 41.3. The van der Waals surface area contributed by atoms with Crippen molar-refractivity contribution in [3.63, 3.8) is 0 Å². The third kappa shape index (κ3) is 7.87. The molecule has 5 unspecified atom stereocenters. The van der Waals surface area contributed by atoms with Crippen LogP contribution in [-0.2, 0) is 29.0 Å². The molecule has 1 fully saturated rings. The number of ketones is 2. The predicted molar refractivity (Wildman–Crippen MR) is 204 cm³/mol. The maximum atomic E-state index is 14.8. The number of esters is 1. The van der Waals surface area contributed by atoms with E-state index < -0.39 is 72.3 Å². The first-order valence-electron chi connectivity index (χ1n) is 18.0. The normalized spacial score (nSPS) is 20.4. The summed E-state index contributed by atoms with van der Waals surface area (Å²) in [6.07, 6.45) is -5.13. The number of aromatic hydroxyl groups is 1. The smallest absolute Gasteiger partial charge is 0.308 e. The van der Waals surface area contributed by atoms with Gasteiger partial charge in [0.05, 0.1) is 24.4 Å². The van der Waals surface area contributed by atoms with Crippen LogP contribution >= 0.6 is 0 Å². The Morgan fingerprint density at radius 1 is 0.877 bits per heavy atom. The highest BCUT2D eigenvalue weighted by Crippen LogP contribution is 2.45. The summed E-state index contributed by atoms with van der Waals surface area (Å²) in [6.45, 7) is 1.71. The number of carbonyl (C=O) groups excluding carboxylic acids is 4. The van der Waals surface area contributed by atoms with E-state index in [1.165, 1.54) is 19.1 Å². The molecule has 298 valence electrons. The van der Waals surface area contributed by atoms with E-state index in [0.29, 0.717) is 18.3 Å². The SMILES string of the molecule is CC(=O)Oc1cc(CO)c2c(c1C=Cc1cccc(CCO)c1)C(=O)c1cc(OC3OC(C)C(O)C(O)C3O)c(Cc3cccc(C(N)N)c3C=O)c(O)c1C2=O. The van der Waals surface area contributed by atoms with Crippen LogP contribution in [0.2, 0.25) is 0 Å². The highest BCUT2D eigenvalue weighted by atomic mass is 16.7. The summed E-state index contributed by atoms with van der Waals surface area (Å²) in [4.78, 5) is 54.1. The molecule has 0 radical (unpaired) electrons. The summed E-state index contributed by atoms with van der Waals surface area (Å²) in [5.74, 6) is -3.66. The van der Waals surface area contributed by atoms with Crippen molar-refractivity contribution in [2.75, 3.05) is 6.61 Å². The van der Waals surface area contributed by atoms with Gasteiger partial charge in [0.15, 0.2) is 17.9 Å². The Morgan fingerprint density at radius 3 is 2.28 bits per heavy atom. The standard InChI is InChI=1S/C42H42N2O13/c1-19-35(49)39(53)40(54)42(55-19)57-31-16-28-34(36(50)27(31)14-23-7-4-8-25(41(43)44)29(23)18-47)38(52)32-24(17-46)15-30(56-20(2)48)26(33(32)37(28)51)10-9-21-5-3-6-22(13-21)11-12-45/h3-10,13,15-16,18-19,35,39-42,45-46,49-50,53-54H,11-12,14,17,43-44H2,1-2H3. The van der Waals surface area contributed by atoms with E-state index in [2.05, 4.69) is 0 Å². The van der Waals surface area contributed by atoms with Gasteiger partial charge in [-0.1, -0.05) is 48.5 Å². The van der Waals surface area contributed by atoms with E-state index in [1.807, 2.05) is 6.07 Å². The van der Waals surface area contributed by atoms with Gasteiger partial charge in [-0.25, -0.2) is 0 Å². The number of carbonyl (C=O) groups is 4. The van der Waals surface area contributed by atoms with E-state index in [1.54, 1.807) is 42.5 Å². The number of hydrogen-bond donors (Lipinski definition) is 8. The molecule has 1 aliphatic carbocycles. The van der Waals surface area contributed by atoms with Crippen LogP contribution < -0.4 is 20.9 Å². The number of fused-ring (bicyclic) bond motifs is 2. The van der Waals surface area contributed by atoms with Gasteiger partial charge in [-0.15, -0.1) is 0 Å². The Labute approximate surface area is 326 Å². The molecule has 15 heteroatoms. The molecule has 0 bridgehead atoms. The van der Waals surface area contributed by atoms with Crippen molar-refractivity contribution < 1.29 is 64.0 Å². The molecular weight excluding hydrogens is 740 g/mol. The Hall–Kier alpha value is -5.62. The Morgan fingerprint density at radius 2 is 1.61 bits per heavy atom. The van der Waals surface area contributed by atoms with Crippen LogP contribution in [0, 0.1) is 0 Å². The van der Waals surface area contributed by atoms with E-state index in [0.717, 1.165) is 18.6 Å². The van der Waals surface area contributed by atoms with Gasteiger partial charge in [-0.2, -0.15) is 0 Å². The number of ether oxygens (including phenoxy) is 3. The molecule has 4 aromatic carbocycles. The highest BCUT2D eigenvalue weighted by Gasteiger charge is 2.44. The van der Waals surface area contributed by atoms with Gasteiger partial charge in [0, 0.05) is 53.3 Å². The third-order valence-electron chi connectivity index (χ3n) is 10.0. The molecule has 6 rings (SSSR count). The molecule has 0 spiro atoms. The molecular formula is C42H42N2O13. The average molecular weight is 783 g/mol. The quantitative estimate of drug-likeness (QED) is 0.0295. The molecule has 1 aliphatic heterocycles. The molecule has 2 aliphatic rings. The summed E-state index contributed by atoms with van der Waals surface area (Å²) in [5, 5.41) is 63.7. The minimum absolute atomic E-state index is 0.00234.